The number of aromatic nitrogens is 4. The molecule has 0 aliphatic carbocycles. The average Bonchev–Trinajstić information content (AvgIpc) is 2.98. The van der Waals surface area contributed by atoms with Gasteiger partial charge in [0.2, 0.25) is 0 Å². The number of hydrogen-bond acceptors (Lipinski definition) is 4. The zero-order chi connectivity index (χ0) is 17.7. The highest BCUT2D eigenvalue weighted by Gasteiger charge is 2.20. The van der Waals surface area contributed by atoms with Crippen molar-refractivity contribution < 1.29 is 4.21 Å². The van der Waals surface area contributed by atoms with Crippen LogP contribution in [0.25, 0.3) is 16.6 Å². The van der Waals surface area contributed by atoms with E-state index < -0.39 is 10.8 Å². The van der Waals surface area contributed by atoms with Gasteiger partial charge < -0.3 is 0 Å². The number of nitrogens with one attached hydrogen (secondary N) is 1. The van der Waals surface area contributed by atoms with Crippen LogP contribution in [0.4, 0.5) is 0 Å². The maximum Gasteiger partial charge on any atom is 0.281 e. The van der Waals surface area contributed by atoms with E-state index in [1.807, 2.05) is 32.0 Å². The third-order valence-corrected chi connectivity index (χ3v) is 5.97. The number of H-pyrrole nitrogens is 1. The van der Waals surface area contributed by atoms with Crippen molar-refractivity contribution in [3.63, 3.8) is 0 Å². The van der Waals surface area contributed by atoms with Crippen LogP contribution in [-0.4, -0.2) is 24.0 Å². The first-order valence-corrected chi connectivity index (χ1v) is 9.45. The van der Waals surface area contributed by atoms with Crippen LogP contribution in [0.3, 0.4) is 0 Å². The summed E-state index contributed by atoms with van der Waals surface area (Å²) in [5, 5.41) is 7.70. The first-order chi connectivity index (χ1) is 12.0. The Hall–Kier alpha value is -2.32. The number of nitrogens with zero attached hydrogens (tertiary/aromatic N) is 3. The highest BCUT2D eigenvalue weighted by atomic mass is 79.9. The maximum atomic E-state index is 13.0. The standard InChI is InChI=1S/C17H13BrN4O2S/c1-9-3-6-14(10(2)7-9)25(24)17-15-19-16(23)12-5-4-11(18)8-13(12)22(15)21-20-17/h3-8,21H,1-2H3. The second kappa shape index (κ2) is 5.89. The number of rotatable bonds is 2. The number of benzene rings is 2. The molecule has 25 heavy (non-hydrogen) atoms. The van der Waals surface area contributed by atoms with Crippen molar-refractivity contribution in [1.29, 1.82) is 0 Å². The molecule has 1 unspecified atom stereocenters. The van der Waals surface area contributed by atoms with Crippen molar-refractivity contribution in [2.24, 2.45) is 0 Å². The summed E-state index contributed by atoms with van der Waals surface area (Å²) in [5.74, 6) is 0. The Bertz CT molecular complexity index is 1230. The van der Waals surface area contributed by atoms with Gasteiger partial charge in [-0.2, -0.15) is 4.98 Å². The smallest absolute Gasteiger partial charge is 0.267 e. The topological polar surface area (TPSA) is 80.1 Å². The molecule has 0 radical (unpaired) electrons. The number of aromatic amines is 1. The Morgan fingerprint density at radius 2 is 1.96 bits per heavy atom. The molecule has 2 aromatic carbocycles. The first kappa shape index (κ1) is 16.2. The lowest BCUT2D eigenvalue weighted by atomic mass is 10.2. The monoisotopic (exact) mass is 416 g/mol. The largest absolute Gasteiger partial charge is 0.281 e. The molecule has 0 bridgehead atoms. The van der Waals surface area contributed by atoms with Crippen LogP contribution in [0.15, 0.2) is 55.6 Å². The van der Waals surface area contributed by atoms with Gasteiger partial charge in [0.15, 0.2) is 10.7 Å². The summed E-state index contributed by atoms with van der Waals surface area (Å²) in [5.41, 5.74) is 2.53. The van der Waals surface area contributed by atoms with E-state index in [1.54, 1.807) is 22.7 Å². The van der Waals surface area contributed by atoms with Gasteiger partial charge in [0.25, 0.3) is 5.56 Å². The quantitative estimate of drug-likeness (QED) is 0.544. The van der Waals surface area contributed by atoms with Crippen molar-refractivity contribution in [3.05, 3.63) is 62.4 Å². The first-order valence-electron chi connectivity index (χ1n) is 7.51. The van der Waals surface area contributed by atoms with Crippen LogP contribution < -0.4 is 5.56 Å². The second-order valence-corrected chi connectivity index (χ2v) is 8.07. The van der Waals surface area contributed by atoms with Gasteiger partial charge in [0.05, 0.1) is 10.9 Å². The third-order valence-electron chi connectivity index (χ3n) is 4.00. The lowest BCUT2D eigenvalue weighted by molar-refractivity contribution is 0.679. The number of halogens is 1. The predicted molar refractivity (Wildman–Crippen MR) is 99.4 cm³/mol. The molecular weight excluding hydrogens is 404 g/mol. The number of aryl methyl sites for hydroxylation is 2. The molecule has 0 aliphatic heterocycles. The van der Waals surface area contributed by atoms with E-state index in [0.717, 1.165) is 15.6 Å². The van der Waals surface area contributed by atoms with E-state index in [9.17, 15) is 9.00 Å². The van der Waals surface area contributed by atoms with E-state index in [-0.39, 0.29) is 16.2 Å². The summed E-state index contributed by atoms with van der Waals surface area (Å²) >= 11 is 3.40. The second-order valence-electron chi connectivity index (χ2n) is 5.79. The van der Waals surface area contributed by atoms with Crippen LogP contribution >= 0.6 is 15.9 Å². The van der Waals surface area contributed by atoms with Gasteiger partial charge in [0, 0.05) is 9.37 Å². The molecule has 0 spiro atoms. The van der Waals surface area contributed by atoms with E-state index in [1.165, 1.54) is 0 Å². The molecule has 1 N–H and O–H groups in total. The zero-order valence-corrected chi connectivity index (χ0v) is 15.8. The Balaban J connectivity index is 1.99. The fraction of sp³-hybridized carbons (Fsp3) is 0.118. The third kappa shape index (κ3) is 2.61. The van der Waals surface area contributed by atoms with E-state index in [4.69, 9.17) is 0 Å². The van der Waals surface area contributed by atoms with Gasteiger partial charge in [0.1, 0.15) is 10.8 Å². The maximum absolute atomic E-state index is 13.0. The Morgan fingerprint density at radius 3 is 2.72 bits per heavy atom. The summed E-state index contributed by atoms with van der Waals surface area (Å²) in [6.07, 6.45) is 0. The highest BCUT2D eigenvalue weighted by molar-refractivity contribution is 9.10. The molecule has 0 amide bonds. The summed E-state index contributed by atoms with van der Waals surface area (Å²) in [4.78, 5) is 17.1. The van der Waals surface area contributed by atoms with Crippen molar-refractivity contribution in [2.75, 3.05) is 0 Å². The van der Waals surface area contributed by atoms with Gasteiger partial charge in [-0.1, -0.05) is 33.6 Å². The van der Waals surface area contributed by atoms with E-state index in [0.29, 0.717) is 15.8 Å². The van der Waals surface area contributed by atoms with Gasteiger partial charge in [-0.25, -0.2) is 13.9 Å². The minimum atomic E-state index is -1.54. The molecule has 0 saturated carbocycles. The van der Waals surface area contributed by atoms with E-state index >= 15 is 0 Å². The van der Waals surface area contributed by atoms with Crippen LogP contribution in [0.2, 0.25) is 0 Å². The Kier molecular flexibility index (Phi) is 3.81. The van der Waals surface area contributed by atoms with Crippen LogP contribution in [0, 0.1) is 13.8 Å². The molecular formula is C17H13BrN4O2S. The molecule has 2 heterocycles. The molecule has 4 rings (SSSR count). The normalized spacial score (nSPS) is 12.8. The van der Waals surface area contributed by atoms with E-state index in [2.05, 4.69) is 31.2 Å². The molecule has 2 aromatic heterocycles. The fourth-order valence-electron chi connectivity index (χ4n) is 2.82. The summed E-state index contributed by atoms with van der Waals surface area (Å²) in [6.45, 7) is 3.88. The molecule has 6 nitrogen and oxygen atoms in total. The average molecular weight is 417 g/mol. The molecule has 1 atom stereocenters. The summed E-state index contributed by atoms with van der Waals surface area (Å²) in [7, 11) is -1.54. The number of hydrogen-bond donors (Lipinski definition) is 1. The van der Waals surface area contributed by atoms with Gasteiger partial charge in [-0.15, -0.1) is 5.10 Å². The minimum absolute atomic E-state index is 0.242. The van der Waals surface area contributed by atoms with Gasteiger partial charge >= 0.3 is 0 Å². The molecule has 0 aliphatic rings. The molecule has 0 saturated heterocycles. The van der Waals surface area contributed by atoms with Crippen molar-refractivity contribution in [3.8, 4) is 0 Å². The minimum Gasteiger partial charge on any atom is -0.267 e. The van der Waals surface area contributed by atoms with Crippen molar-refractivity contribution >= 4 is 43.3 Å². The lowest BCUT2D eigenvalue weighted by Crippen LogP contribution is -2.11. The zero-order valence-electron chi connectivity index (χ0n) is 13.4. The fourth-order valence-corrected chi connectivity index (χ4v) is 4.34. The van der Waals surface area contributed by atoms with Gasteiger partial charge in [-0.3, -0.25) is 4.79 Å². The number of fused-ring (bicyclic) bond motifs is 3. The predicted octanol–water partition coefficient (Wildman–Crippen LogP) is 3.12. The van der Waals surface area contributed by atoms with Crippen LogP contribution in [0.5, 0.6) is 0 Å². The molecule has 8 heteroatoms. The highest BCUT2D eigenvalue weighted by Crippen LogP contribution is 2.24. The summed E-state index contributed by atoms with van der Waals surface area (Å²) < 4.78 is 15.4. The molecule has 0 fully saturated rings. The Labute approximate surface area is 153 Å². The van der Waals surface area contributed by atoms with Crippen LogP contribution in [-0.2, 0) is 10.8 Å². The SMILES string of the molecule is Cc1ccc(S(=O)c2n[nH]n3c2nc(=O)c2ccc(Br)cc23)c(C)c1. The van der Waals surface area contributed by atoms with Crippen molar-refractivity contribution in [1.82, 2.24) is 19.8 Å². The van der Waals surface area contributed by atoms with Crippen LogP contribution in [0.1, 0.15) is 11.1 Å². The summed E-state index contributed by atoms with van der Waals surface area (Å²) in [6, 6.07) is 11.0. The molecule has 4 aromatic rings. The lowest BCUT2D eigenvalue weighted by Gasteiger charge is -2.05. The Morgan fingerprint density at radius 1 is 1.16 bits per heavy atom. The molecule has 126 valence electrons. The van der Waals surface area contributed by atoms with Crippen molar-refractivity contribution in [2.45, 2.75) is 23.8 Å². The van der Waals surface area contributed by atoms with Gasteiger partial charge in [-0.05, 0) is 43.7 Å².